The smallest absolute Gasteiger partial charge is 0.309 e. The highest BCUT2D eigenvalue weighted by atomic mass is 16.7. The lowest BCUT2D eigenvalue weighted by Crippen LogP contribution is -2.16. The van der Waals surface area contributed by atoms with Crippen LogP contribution in [0.4, 0.5) is 0 Å². The maximum Gasteiger partial charge on any atom is 0.309 e. The van der Waals surface area contributed by atoms with Crippen LogP contribution in [-0.2, 0) is 14.4 Å². The first-order valence-corrected chi connectivity index (χ1v) is 3.71. The van der Waals surface area contributed by atoms with Crippen molar-refractivity contribution in [1.29, 1.82) is 0 Å². The number of hydroxylamine groups is 1. The highest BCUT2D eigenvalue weighted by molar-refractivity contribution is 5.77. The van der Waals surface area contributed by atoms with Crippen molar-refractivity contribution in [2.45, 2.75) is 6.42 Å². The minimum atomic E-state index is -0.0997. The average Bonchev–Trinajstić information content (AvgIpc) is 2.48. The fourth-order valence-electron chi connectivity index (χ4n) is 1.62. The van der Waals surface area contributed by atoms with E-state index >= 15 is 0 Å². The van der Waals surface area contributed by atoms with E-state index < -0.39 is 0 Å². The predicted molar refractivity (Wildman–Crippen MR) is 36.5 cm³/mol. The van der Waals surface area contributed by atoms with Gasteiger partial charge >= 0.3 is 5.97 Å². The van der Waals surface area contributed by atoms with Gasteiger partial charge in [-0.1, -0.05) is 0 Å². The molecule has 2 rings (SSSR count). The normalized spacial score (nSPS) is 41.0. The highest BCUT2D eigenvalue weighted by Gasteiger charge is 2.61. The van der Waals surface area contributed by atoms with E-state index in [1.54, 1.807) is 0 Å². The molecule has 1 saturated carbocycles. The van der Waals surface area contributed by atoms with Gasteiger partial charge in [-0.25, -0.2) is 5.48 Å². The summed E-state index contributed by atoms with van der Waals surface area (Å²) in [6.45, 7) is 1.43. The van der Waals surface area contributed by atoms with Crippen LogP contribution in [0.25, 0.3) is 0 Å². The van der Waals surface area contributed by atoms with Gasteiger partial charge in [0.2, 0.25) is 0 Å². The van der Waals surface area contributed by atoms with Crippen LogP contribution in [0.2, 0.25) is 0 Å². The van der Waals surface area contributed by atoms with Crippen molar-refractivity contribution in [3.05, 3.63) is 0 Å². The van der Waals surface area contributed by atoms with Crippen LogP contribution < -0.4 is 5.48 Å². The molecule has 62 valence electrons. The summed E-state index contributed by atoms with van der Waals surface area (Å²) in [6.07, 6.45) is 0.909. The van der Waals surface area contributed by atoms with Gasteiger partial charge in [0, 0.05) is 12.0 Å². The van der Waals surface area contributed by atoms with Crippen LogP contribution in [0.15, 0.2) is 0 Å². The van der Waals surface area contributed by atoms with E-state index in [4.69, 9.17) is 4.84 Å². The molecule has 0 aromatic heterocycles. The molecule has 2 aliphatic rings. The standard InChI is InChI=1S/C7H11NO3/c1-10-6(9)5-2-7(5)3-8-11-4-7/h5,8H,2-4H2,1H3. The Labute approximate surface area is 64.8 Å². The predicted octanol–water partition coefficient (Wildman–Crippen LogP) is -0.300. The minimum Gasteiger partial charge on any atom is -0.469 e. The number of methoxy groups -OCH3 is 1. The molecular formula is C7H11NO3. The first-order chi connectivity index (χ1) is 5.28. The zero-order chi connectivity index (χ0) is 7.90. The molecule has 0 amide bonds. The largest absolute Gasteiger partial charge is 0.469 e. The zero-order valence-electron chi connectivity index (χ0n) is 6.42. The van der Waals surface area contributed by atoms with E-state index in [1.165, 1.54) is 7.11 Å². The fraction of sp³-hybridized carbons (Fsp3) is 0.857. The van der Waals surface area contributed by atoms with Crippen molar-refractivity contribution < 1.29 is 14.4 Å². The Kier molecular flexibility index (Phi) is 1.40. The van der Waals surface area contributed by atoms with Gasteiger partial charge in [0.25, 0.3) is 0 Å². The maximum atomic E-state index is 11.0. The number of carbonyl (C=O) groups is 1. The SMILES string of the molecule is COC(=O)C1CC12CNOC2. The molecule has 1 spiro atoms. The Hall–Kier alpha value is -0.610. The van der Waals surface area contributed by atoms with E-state index in [9.17, 15) is 4.79 Å². The molecule has 1 aliphatic carbocycles. The van der Waals surface area contributed by atoms with Crippen LogP contribution >= 0.6 is 0 Å². The topological polar surface area (TPSA) is 47.6 Å². The number of rotatable bonds is 1. The Bertz CT molecular complexity index is 186. The molecule has 2 unspecified atom stereocenters. The van der Waals surface area contributed by atoms with Gasteiger partial charge in [-0.15, -0.1) is 0 Å². The van der Waals surface area contributed by atoms with Gasteiger partial charge in [0.1, 0.15) is 0 Å². The lowest BCUT2D eigenvalue weighted by molar-refractivity contribution is -0.143. The van der Waals surface area contributed by atoms with Crippen molar-refractivity contribution in [3.8, 4) is 0 Å². The summed E-state index contributed by atoms with van der Waals surface area (Å²) in [6, 6.07) is 0. The first-order valence-electron chi connectivity index (χ1n) is 3.71. The summed E-state index contributed by atoms with van der Waals surface area (Å²) in [5.74, 6) is -0.0280. The van der Waals surface area contributed by atoms with E-state index in [1.807, 2.05) is 0 Å². The number of hydrogen-bond acceptors (Lipinski definition) is 4. The van der Waals surface area contributed by atoms with Gasteiger partial charge in [-0.2, -0.15) is 0 Å². The van der Waals surface area contributed by atoms with E-state index in [0.717, 1.165) is 13.0 Å². The summed E-state index contributed by atoms with van der Waals surface area (Å²) < 4.78 is 4.64. The van der Waals surface area contributed by atoms with Crippen LogP contribution in [0.1, 0.15) is 6.42 Å². The molecule has 0 aromatic carbocycles. The third-order valence-corrected chi connectivity index (χ3v) is 2.56. The van der Waals surface area contributed by atoms with Crippen molar-refractivity contribution in [1.82, 2.24) is 5.48 Å². The minimum absolute atomic E-state index is 0.0718. The number of ether oxygens (including phenoxy) is 1. The van der Waals surface area contributed by atoms with Gasteiger partial charge < -0.3 is 9.57 Å². The molecule has 1 heterocycles. The molecule has 1 aliphatic heterocycles. The molecule has 0 aromatic rings. The molecule has 2 fully saturated rings. The number of hydrogen-bond donors (Lipinski definition) is 1. The summed E-state index contributed by atoms with van der Waals surface area (Å²) in [5.41, 5.74) is 2.85. The van der Waals surface area contributed by atoms with Gasteiger partial charge in [-0.05, 0) is 6.42 Å². The lowest BCUT2D eigenvalue weighted by atomic mass is 10.1. The quantitative estimate of drug-likeness (QED) is 0.531. The Morgan fingerprint density at radius 3 is 3.18 bits per heavy atom. The second-order valence-corrected chi connectivity index (χ2v) is 3.25. The van der Waals surface area contributed by atoms with E-state index in [2.05, 4.69) is 10.2 Å². The molecular weight excluding hydrogens is 146 g/mol. The summed E-state index contributed by atoms with van der Waals surface area (Å²) in [5, 5.41) is 0. The number of nitrogens with one attached hydrogen (secondary N) is 1. The molecule has 0 radical (unpaired) electrons. The van der Waals surface area contributed by atoms with Gasteiger partial charge in [0.15, 0.2) is 0 Å². The number of esters is 1. The third kappa shape index (κ3) is 0.937. The molecule has 0 bridgehead atoms. The Balaban J connectivity index is 1.97. The lowest BCUT2D eigenvalue weighted by Gasteiger charge is -2.01. The first kappa shape index (κ1) is 7.06. The number of carbonyl (C=O) groups excluding carboxylic acids is 1. The van der Waals surface area contributed by atoms with Crippen molar-refractivity contribution >= 4 is 5.97 Å². The monoisotopic (exact) mass is 157 g/mol. The van der Waals surface area contributed by atoms with Crippen LogP contribution in [0.5, 0.6) is 0 Å². The summed E-state index contributed by atoms with van der Waals surface area (Å²) >= 11 is 0. The molecule has 4 heteroatoms. The zero-order valence-corrected chi connectivity index (χ0v) is 6.42. The Morgan fingerprint density at radius 1 is 1.82 bits per heavy atom. The maximum absolute atomic E-state index is 11.0. The van der Waals surface area contributed by atoms with Crippen LogP contribution in [0, 0.1) is 11.3 Å². The van der Waals surface area contributed by atoms with E-state index in [-0.39, 0.29) is 17.3 Å². The third-order valence-electron chi connectivity index (χ3n) is 2.56. The summed E-state index contributed by atoms with van der Waals surface area (Å²) in [7, 11) is 1.43. The second-order valence-electron chi connectivity index (χ2n) is 3.25. The molecule has 11 heavy (non-hydrogen) atoms. The molecule has 4 nitrogen and oxygen atoms in total. The summed E-state index contributed by atoms with van der Waals surface area (Å²) in [4.78, 5) is 16.0. The van der Waals surface area contributed by atoms with Crippen molar-refractivity contribution in [3.63, 3.8) is 0 Å². The van der Waals surface area contributed by atoms with Crippen molar-refractivity contribution in [2.75, 3.05) is 20.3 Å². The van der Waals surface area contributed by atoms with Crippen LogP contribution in [0.3, 0.4) is 0 Å². The van der Waals surface area contributed by atoms with Crippen LogP contribution in [-0.4, -0.2) is 26.2 Å². The van der Waals surface area contributed by atoms with Gasteiger partial charge in [0.05, 0.1) is 19.6 Å². The second kappa shape index (κ2) is 2.19. The van der Waals surface area contributed by atoms with Gasteiger partial charge in [-0.3, -0.25) is 4.79 Å². The van der Waals surface area contributed by atoms with Crippen molar-refractivity contribution in [2.24, 2.45) is 11.3 Å². The molecule has 1 saturated heterocycles. The molecule has 2 atom stereocenters. The fourth-order valence-corrected chi connectivity index (χ4v) is 1.62. The average molecular weight is 157 g/mol. The Morgan fingerprint density at radius 2 is 2.64 bits per heavy atom. The van der Waals surface area contributed by atoms with E-state index in [0.29, 0.717) is 6.61 Å². The highest BCUT2D eigenvalue weighted by Crippen LogP contribution is 2.54. The molecule has 1 N–H and O–H groups in total.